The van der Waals surface area contributed by atoms with E-state index in [0.717, 1.165) is 6.42 Å². The number of ether oxygens (including phenoxy) is 1. The minimum atomic E-state index is -0.453. The van der Waals surface area contributed by atoms with Crippen LogP contribution in [-0.4, -0.2) is 17.7 Å². The Balaban J connectivity index is 2.08. The largest absolute Gasteiger partial charge is 0.462 e. The fraction of sp³-hybridized carbons (Fsp3) is 0.300. The number of aryl methyl sites for hydroxylation is 1. The van der Waals surface area contributed by atoms with E-state index in [9.17, 15) is 4.79 Å². The van der Waals surface area contributed by atoms with E-state index in [2.05, 4.69) is 48.7 Å². The summed E-state index contributed by atoms with van der Waals surface area (Å²) in [5.74, 6) is -0.453. The summed E-state index contributed by atoms with van der Waals surface area (Å²) in [6.45, 7) is 6.21. The van der Waals surface area contributed by atoms with Crippen LogP contribution < -0.4 is 10.6 Å². The zero-order chi connectivity index (χ0) is 19.1. The number of thiocarbonyl (C=S) groups is 1. The molecule has 138 valence electrons. The third kappa shape index (κ3) is 5.44. The first kappa shape index (κ1) is 20.2. The van der Waals surface area contributed by atoms with Crippen LogP contribution in [0.4, 0.5) is 5.69 Å². The van der Waals surface area contributed by atoms with Gasteiger partial charge < -0.3 is 15.4 Å². The molecule has 6 heteroatoms. The second kappa shape index (κ2) is 9.55. The maximum absolute atomic E-state index is 12.0. The van der Waals surface area contributed by atoms with Crippen molar-refractivity contribution in [1.82, 2.24) is 5.32 Å². The van der Waals surface area contributed by atoms with Gasteiger partial charge in [-0.05, 0) is 56.2 Å². The smallest absolute Gasteiger partial charge is 0.339 e. The Morgan fingerprint density at radius 3 is 2.50 bits per heavy atom. The number of hydrogen-bond acceptors (Lipinski definition) is 3. The molecule has 0 spiro atoms. The van der Waals surface area contributed by atoms with Crippen molar-refractivity contribution in [2.45, 2.75) is 33.2 Å². The standard InChI is InChI=1S/C20H23ClN2O2S/c1-4-18(14-8-6-13(3)7-9-14)23-20(26)22-15-10-11-17(21)16(12-15)19(24)25-5-2/h6-12,18H,4-5H2,1-3H3,(H2,22,23,26)/t18-/m0/s1. The molecule has 0 aliphatic heterocycles. The van der Waals surface area contributed by atoms with Gasteiger partial charge in [-0.2, -0.15) is 0 Å². The predicted molar refractivity (Wildman–Crippen MR) is 111 cm³/mol. The highest BCUT2D eigenvalue weighted by Gasteiger charge is 2.14. The lowest BCUT2D eigenvalue weighted by molar-refractivity contribution is 0.0526. The lowest BCUT2D eigenvalue weighted by atomic mass is 10.0. The molecule has 4 nitrogen and oxygen atoms in total. The predicted octanol–water partition coefficient (Wildman–Crippen LogP) is 5.26. The lowest BCUT2D eigenvalue weighted by Crippen LogP contribution is -2.32. The molecular weight excluding hydrogens is 368 g/mol. The number of carbonyl (C=O) groups is 1. The molecule has 0 aliphatic carbocycles. The van der Waals surface area contributed by atoms with Crippen molar-refractivity contribution in [3.05, 3.63) is 64.2 Å². The van der Waals surface area contributed by atoms with E-state index in [1.807, 2.05) is 0 Å². The van der Waals surface area contributed by atoms with Gasteiger partial charge in [0, 0.05) is 5.69 Å². The summed E-state index contributed by atoms with van der Waals surface area (Å²) >= 11 is 11.5. The van der Waals surface area contributed by atoms with Crippen molar-refractivity contribution in [3.63, 3.8) is 0 Å². The van der Waals surface area contributed by atoms with Crippen LogP contribution in [0, 0.1) is 6.92 Å². The minimum absolute atomic E-state index is 0.104. The van der Waals surface area contributed by atoms with Crippen LogP contribution >= 0.6 is 23.8 Å². The maximum atomic E-state index is 12.0. The number of nitrogens with one attached hydrogen (secondary N) is 2. The Bertz CT molecular complexity index is 778. The SMILES string of the molecule is CCOC(=O)c1cc(NC(=S)N[C@@H](CC)c2ccc(C)cc2)ccc1Cl. The van der Waals surface area contributed by atoms with Crippen molar-refractivity contribution in [2.24, 2.45) is 0 Å². The van der Waals surface area contributed by atoms with Crippen LogP contribution in [0.2, 0.25) is 5.02 Å². The molecule has 0 heterocycles. The van der Waals surface area contributed by atoms with Gasteiger partial charge in [-0.3, -0.25) is 0 Å². The zero-order valence-electron chi connectivity index (χ0n) is 15.1. The Kier molecular flexibility index (Phi) is 7.42. The Hall–Kier alpha value is -2.11. The molecule has 0 radical (unpaired) electrons. The first-order valence-electron chi connectivity index (χ1n) is 8.55. The molecule has 2 rings (SSSR count). The molecule has 1 atom stereocenters. The van der Waals surface area contributed by atoms with Gasteiger partial charge in [-0.25, -0.2) is 4.79 Å². The van der Waals surface area contributed by atoms with Gasteiger partial charge in [-0.15, -0.1) is 0 Å². The zero-order valence-corrected chi connectivity index (χ0v) is 16.7. The van der Waals surface area contributed by atoms with Crippen LogP contribution in [0.25, 0.3) is 0 Å². The van der Waals surface area contributed by atoms with Crippen molar-refractivity contribution >= 4 is 40.6 Å². The van der Waals surface area contributed by atoms with E-state index in [1.165, 1.54) is 11.1 Å². The molecule has 0 fully saturated rings. The summed E-state index contributed by atoms with van der Waals surface area (Å²) in [4.78, 5) is 12.0. The fourth-order valence-electron chi connectivity index (χ4n) is 2.51. The van der Waals surface area contributed by atoms with Gasteiger partial charge in [0.2, 0.25) is 0 Å². The number of carbonyl (C=O) groups excluding carboxylic acids is 1. The number of anilines is 1. The van der Waals surface area contributed by atoms with Crippen molar-refractivity contribution in [1.29, 1.82) is 0 Å². The lowest BCUT2D eigenvalue weighted by Gasteiger charge is -2.20. The van der Waals surface area contributed by atoms with Gasteiger partial charge in [0.05, 0.1) is 23.2 Å². The molecule has 2 aromatic carbocycles. The van der Waals surface area contributed by atoms with Crippen LogP contribution in [0.15, 0.2) is 42.5 Å². The summed E-state index contributed by atoms with van der Waals surface area (Å²) in [5, 5.41) is 7.24. The Morgan fingerprint density at radius 1 is 1.19 bits per heavy atom. The number of halogens is 1. The first-order chi connectivity index (χ1) is 12.4. The van der Waals surface area contributed by atoms with Crippen molar-refractivity contribution in [3.8, 4) is 0 Å². The molecule has 0 aliphatic rings. The highest BCUT2D eigenvalue weighted by atomic mass is 35.5. The molecule has 0 aromatic heterocycles. The van der Waals surface area contributed by atoms with E-state index in [4.69, 9.17) is 28.6 Å². The highest BCUT2D eigenvalue weighted by molar-refractivity contribution is 7.80. The quantitative estimate of drug-likeness (QED) is 0.520. The average Bonchev–Trinajstić information content (AvgIpc) is 2.62. The van der Waals surface area contributed by atoms with E-state index < -0.39 is 5.97 Å². The van der Waals surface area contributed by atoms with E-state index in [0.29, 0.717) is 28.0 Å². The number of benzene rings is 2. The highest BCUT2D eigenvalue weighted by Crippen LogP contribution is 2.22. The van der Waals surface area contributed by atoms with Crippen LogP contribution in [0.1, 0.15) is 47.8 Å². The second-order valence-corrected chi connectivity index (χ2v) is 6.70. The molecule has 0 bridgehead atoms. The number of rotatable bonds is 6. The van der Waals surface area contributed by atoms with E-state index in [-0.39, 0.29) is 6.04 Å². The van der Waals surface area contributed by atoms with Gasteiger partial charge in [0.25, 0.3) is 0 Å². The van der Waals surface area contributed by atoms with Gasteiger partial charge in [0.1, 0.15) is 0 Å². The molecule has 2 N–H and O–H groups in total. The molecule has 0 unspecified atom stereocenters. The monoisotopic (exact) mass is 390 g/mol. The van der Waals surface area contributed by atoms with E-state index in [1.54, 1.807) is 25.1 Å². The third-order valence-electron chi connectivity index (χ3n) is 3.91. The Morgan fingerprint density at radius 2 is 1.88 bits per heavy atom. The number of hydrogen-bond donors (Lipinski definition) is 2. The van der Waals surface area contributed by atoms with Gasteiger partial charge in [-0.1, -0.05) is 48.4 Å². The Labute approximate surface area is 164 Å². The normalized spacial score (nSPS) is 11.5. The summed E-state index contributed by atoms with van der Waals surface area (Å²) in [7, 11) is 0. The van der Waals surface area contributed by atoms with Gasteiger partial charge in [0.15, 0.2) is 5.11 Å². The van der Waals surface area contributed by atoms with Crippen molar-refractivity contribution < 1.29 is 9.53 Å². The summed E-state index contributed by atoms with van der Waals surface area (Å²) < 4.78 is 5.02. The summed E-state index contributed by atoms with van der Waals surface area (Å²) in [5.41, 5.74) is 3.38. The molecule has 0 saturated carbocycles. The fourth-order valence-corrected chi connectivity index (χ4v) is 2.97. The maximum Gasteiger partial charge on any atom is 0.339 e. The molecular formula is C20H23ClN2O2S. The first-order valence-corrected chi connectivity index (χ1v) is 9.34. The molecule has 0 amide bonds. The van der Waals surface area contributed by atoms with Crippen LogP contribution in [0.5, 0.6) is 0 Å². The average molecular weight is 391 g/mol. The summed E-state index contributed by atoms with van der Waals surface area (Å²) in [6, 6.07) is 13.5. The minimum Gasteiger partial charge on any atom is -0.462 e. The molecule has 0 saturated heterocycles. The summed E-state index contributed by atoms with van der Waals surface area (Å²) in [6.07, 6.45) is 0.888. The number of esters is 1. The van der Waals surface area contributed by atoms with Crippen molar-refractivity contribution in [2.75, 3.05) is 11.9 Å². The van der Waals surface area contributed by atoms with Crippen LogP contribution in [0.3, 0.4) is 0 Å². The third-order valence-corrected chi connectivity index (χ3v) is 4.46. The second-order valence-electron chi connectivity index (χ2n) is 5.89. The van der Waals surface area contributed by atoms with Crippen LogP contribution in [-0.2, 0) is 4.74 Å². The molecule has 2 aromatic rings. The van der Waals surface area contributed by atoms with E-state index >= 15 is 0 Å². The topological polar surface area (TPSA) is 50.4 Å². The van der Waals surface area contributed by atoms with Gasteiger partial charge >= 0.3 is 5.97 Å². The molecule has 26 heavy (non-hydrogen) atoms.